The van der Waals surface area contributed by atoms with E-state index in [-0.39, 0.29) is 18.6 Å². The van der Waals surface area contributed by atoms with E-state index in [1.807, 2.05) is 0 Å². The molecule has 0 amide bonds. The molecule has 0 heterocycles. The molecule has 0 aliphatic carbocycles. The Morgan fingerprint density at radius 3 is 2.31 bits per heavy atom. The molecule has 0 aromatic heterocycles. The highest BCUT2D eigenvalue weighted by Gasteiger charge is 2.37. The maximum atomic E-state index is 12.4. The summed E-state index contributed by atoms with van der Waals surface area (Å²) in [6.07, 6.45) is -0.637. The van der Waals surface area contributed by atoms with Crippen LogP contribution in [0.2, 0.25) is 0 Å². The lowest BCUT2D eigenvalue weighted by Crippen LogP contribution is -2.22. The highest BCUT2D eigenvalue weighted by atomic mass is 19.4. The van der Waals surface area contributed by atoms with Crippen LogP contribution in [0.3, 0.4) is 0 Å². The van der Waals surface area contributed by atoms with E-state index in [1.165, 1.54) is 6.08 Å². The molecule has 0 spiro atoms. The highest BCUT2D eigenvalue weighted by molar-refractivity contribution is 5.82. The molecule has 0 saturated heterocycles. The second-order valence-electron chi connectivity index (χ2n) is 3.90. The fraction of sp³-hybridized carbons (Fsp3) is 0.667. The van der Waals surface area contributed by atoms with E-state index in [2.05, 4.69) is 13.5 Å². The average molecular weight is 235 g/mol. The minimum Gasteiger partial charge on any atom is -0.300 e. The zero-order valence-electron chi connectivity index (χ0n) is 9.35. The first kappa shape index (κ1) is 15.2. The third kappa shape index (κ3) is 7.49. The Morgan fingerprint density at radius 2 is 1.88 bits per heavy atom. The van der Waals surface area contributed by atoms with Crippen LogP contribution in [0.25, 0.3) is 0 Å². The molecule has 0 rings (SSSR count). The van der Waals surface area contributed by atoms with E-state index in [4.69, 9.17) is 0 Å². The number of Topliss-reactive ketones (excluding diaryl/α,β-unsaturated/α-hetero) is 1. The number of alkyl halides is 3. The molecule has 4 heteroatoms. The lowest BCUT2D eigenvalue weighted by Gasteiger charge is -2.18. The Bertz CT molecular complexity index is 221. The monoisotopic (exact) mass is 235 g/mol. The number of carbonyl (C=O) groups excluding carboxylic acids is 1. The van der Waals surface area contributed by atoms with Crippen LogP contribution in [0, 0.1) is 12.8 Å². The van der Waals surface area contributed by atoms with Crippen LogP contribution in [0.4, 0.5) is 13.2 Å². The van der Waals surface area contributed by atoms with Crippen molar-refractivity contribution < 1.29 is 18.0 Å². The molecule has 0 aromatic carbocycles. The number of unbranched alkanes of at least 4 members (excludes halogenated alkanes) is 2. The second-order valence-corrected chi connectivity index (χ2v) is 3.90. The molecule has 1 nitrogen and oxygen atoms in total. The number of ketones is 1. The summed E-state index contributed by atoms with van der Waals surface area (Å²) in [4.78, 5) is 10.5. The summed E-state index contributed by atoms with van der Waals surface area (Å²) in [6.45, 7) is 6.54. The summed E-state index contributed by atoms with van der Waals surface area (Å²) < 4.78 is 37.3. The summed E-state index contributed by atoms with van der Waals surface area (Å²) in [6, 6.07) is 0. The van der Waals surface area contributed by atoms with Gasteiger partial charge in [0.15, 0.2) is 0 Å². The Hall–Kier alpha value is -0.800. The van der Waals surface area contributed by atoms with Gasteiger partial charge in [0.1, 0.15) is 5.78 Å². The normalized spacial score (nSPS) is 13.5. The second kappa shape index (κ2) is 7.47. The van der Waals surface area contributed by atoms with Gasteiger partial charge in [0.2, 0.25) is 0 Å². The SMILES string of the molecule is [CH2]C(=O)CCCCC[C@H](CC=C)C(F)(F)F. The van der Waals surface area contributed by atoms with Gasteiger partial charge in [-0.2, -0.15) is 13.2 Å². The molecule has 0 aromatic rings. The standard InChI is InChI=1S/C12H18F3O/c1-3-7-11(12(13,14)15)9-6-4-5-8-10(2)16/h3,11H,1-2,4-9H2/t11-/m0/s1. The fourth-order valence-corrected chi connectivity index (χ4v) is 1.51. The first-order valence-corrected chi connectivity index (χ1v) is 5.40. The van der Waals surface area contributed by atoms with Crippen LogP contribution >= 0.6 is 0 Å². The van der Waals surface area contributed by atoms with E-state index >= 15 is 0 Å². The molecule has 0 saturated carbocycles. The molecular weight excluding hydrogens is 217 g/mol. The maximum Gasteiger partial charge on any atom is 0.392 e. The van der Waals surface area contributed by atoms with Gasteiger partial charge in [-0.05, 0) is 19.3 Å². The summed E-state index contributed by atoms with van der Waals surface area (Å²) in [5, 5.41) is 0. The van der Waals surface area contributed by atoms with Gasteiger partial charge < -0.3 is 0 Å². The molecule has 0 unspecified atom stereocenters. The molecule has 0 aliphatic rings. The molecule has 93 valence electrons. The van der Waals surface area contributed by atoms with E-state index < -0.39 is 12.1 Å². The summed E-state index contributed by atoms with van der Waals surface area (Å²) in [5.41, 5.74) is 0. The molecule has 0 fully saturated rings. The van der Waals surface area contributed by atoms with Crippen LogP contribution in [0.5, 0.6) is 0 Å². The third-order valence-electron chi connectivity index (χ3n) is 2.42. The number of hydrogen-bond donors (Lipinski definition) is 0. The minimum atomic E-state index is -4.14. The van der Waals surface area contributed by atoms with Crippen molar-refractivity contribution in [1.29, 1.82) is 0 Å². The molecule has 0 aliphatic heterocycles. The van der Waals surface area contributed by atoms with Gasteiger partial charge >= 0.3 is 6.18 Å². The van der Waals surface area contributed by atoms with Gasteiger partial charge in [0, 0.05) is 13.3 Å². The predicted molar refractivity (Wildman–Crippen MR) is 57.8 cm³/mol. The van der Waals surface area contributed by atoms with Crippen LogP contribution in [-0.2, 0) is 4.79 Å². The topological polar surface area (TPSA) is 17.1 Å². The lowest BCUT2D eigenvalue weighted by molar-refractivity contribution is -0.175. The Labute approximate surface area is 94.7 Å². The van der Waals surface area contributed by atoms with Gasteiger partial charge in [-0.25, -0.2) is 0 Å². The zero-order chi connectivity index (χ0) is 12.6. The molecule has 0 N–H and O–H groups in total. The van der Waals surface area contributed by atoms with E-state index in [0.717, 1.165) is 0 Å². The molecule has 16 heavy (non-hydrogen) atoms. The van der Waals surface area contributed by atoms with Crippen molar-refractivity contribution in [3.8, 4) is 0 Å². The van der Waals surface area contributed by atoms with Crippen molar-refractivity contribution in [3.63, 3.8) is 0 Å². The van der Waals surface area contributed by atoms with Crippen LogP contribution in [0.15, 0.2) is 12.7 Å². The fourth-order valence-electron chi connectivity index (χ4n) is 1.51. The van der Waals surface area contributed by atoms with Gasteiger partial charge in [-0.3, -0.25) is 4.79 Å². The number of halogens is 3. The quantitative estimate of drug-likeness (QED) is 0.457. The number of carbonyl (C=O) groups is 1. The Balaban J connectivity index is 3.77. The van der Waals surface area contributed by atoms with Gasteiger partial charge in [-0.1, -0.05) is 18.9 Å². The first-order valence-electron chi connectivity index (χ1n) is 5.40. The predicted octanol–water partition coefficient (Wildman–Crippen LogP) is 4.09. The van der Waals surface area contributed by atoms with Crippen LogP contribution in [0.1, 0.15) is 38.5 Å². The molecule has 1 atom stereocenters. The van der Waals surface area contributed by atoms with Gasteiger partial charge in [0.05, 0.1) is 5.92 Å². The van der Waals surface area contributed by atoms with Crippen molar-refractivity contribution in [1.82, 2.24) is 0 Å². The van der Waals surface area contributed by atoms with Gasteiger partial charge in [-0.15, -0.1) is 6.58 Å². The van der Waals surface area contributed by atoms with E-state index in [0.29, 0.717) is 25.7 Å². The lowest BCUT2D eigenvalue weighted by atomic mass is 9.97. The summed E-state index contributed by atoms with van der Waals surface area (Å²) in [7, 11) is 0. The number of allylic oxidation sites excluding steroid dienone is 1. The summed E-state index contributed by atoms with van der Waals surface area (Å²) in [5.74, 6) is -1.45. The first-order chi connectivity index (χ1) is 7.38. The van der Waals surface area contributed by atoms with Crippen molar-refractivity contribution in [3.05, 3.63) is 19.6 Å². The van der Waals surface area contributed by atoms with Crippen molar-refractivity contribution in [2.24, 2.45) is 5.92 Å². The smallest absolute Gasteiger partial charge is 0.300 e. The number of rotatable bonds is 8. The van der Waals surface area contributed by atoms with E-state index in [1.54, 1.807) is 0 Å². The third-order valence-corrected chi connectivity index (χ3v) is 2.42. The summed E-state index contributed by atoms with van der Waals surface area (Å²) >= 11 is 0. The van der Waals surface area contributed by atoms with E-state index in [9.17, 15) is 18.0 Å². The van der Waals surface area contributed by atoms with Crippen molar-refractivity contribution >= 4 is 5.78 Å². The number of hydrogen-bond acceptors (Lipinski definition) is 1. The maximum absolute atomic E-state index is 12.4. The highest BCUT2D eigenvalue weighted by Crippen LogP contribution is 2.33. The zero-order valence-corrected chi connectivity index (χ0v) is 9.35. The Morgan fingerprint density at radius 1 is 1.25 bits per heavy atom. The molecule has 0 bridgehead atoms. The van der Waals surface area contributed by atoms with Gasteiger partial charge in [0.25, 0.3) is 0 Å². The minimum absolute atomic E-state index is 0.0300. The average Bonchev–Trinajstić information content (AvgIpc) is 2.13. The Kier molecular flexibility index (Phi) is 7.10. The molecule has 1 radical (unpaired) electrons. The van der Waals surface area contributed by atoms with Crippen molar-refractivity contribution in [2.45, 2.75) is 44.7 Å². The van der Waals surface area contributed by atoms with Crippen LogP contribution in [-0.4, -0.2) is 12.0 Å². The van der Waals surface area contributed by atoms with Crippen LogP contribution < -0.4 is 0 Å². The van der Waals surface area contributed by atoms with Crippen molar-refractivity contribution in [2.75, 3.05) is 0 Å². The molecular formula is C12H18F3O. The largest absolute Gasteiger partial charge is 0.392 e.